The number of rotatable bonds is 3. The molecule has 1 rings (SSSR count). The topological polar surface area (TPSA) is 29.1 Å². The molecule has 1 fully saturated rings. The molecule has 0 aromatic carbocycles. The molecule has 0 aromatic heterocycles. The number of carbonyl (C=O) groups excluding carboxylic acids is 1. The van der Waals surface area contributed by atoms with Gasteiger partial charge in [0.1, 0.15) is 0 Å². The fourth-order valence-corrected chi connectivity index (χ4v) is 0.887. The van der Waals surface area contributed by atoms with Gasteiger partial charge in [-0.3, -0.25) is 4.79 Å². The molecule has 1 aliphatic rings. The molecule has 13 heavy (non-hydrogen) atoms. The van der Waals surface area contributed by atoms with E-state index in [0.29, 0.717) is 6.42 Å². The Morgan fingerprint density at radius 3 is 2.31 bits per heavy atom. The Hall–Kier alpha value is -0.810. The predicted octanol–water partition coefficient (Wildman–Crippen LogP) is 1.41. The number of halogens is 4. The van der Waals surface area contributed by atoms with E-state index < -0.39 is 18.3 Å². The van der Waals surface area contributed by atoms with E-state index in [1.165, 1.54) is 0 Å². The summed E-state index contributed by atoms with van der Waals surface area (Å²) >= 11 is 0. The van der Waals surface area contributed by atoms with Crippen LogP contribution in [0.25, 0.3) is 0 Å². The quantitative estimate of drug-likeness (QED) is 0.684. The molecule has 6 heteroatoms. The van der Waals surface area contributed by atoms with Crippen LogP contribution in [0, 0.1) is 5.92 Å². The summed E-state index contributed by atoms with van der Waals surface area (Å²) in [5.41, 5.74) is 0. The molecule has 1 saturated carbocycles. The lowest BCUT2D eigenvalue weighted by Crippen LogP contribution is -2.46. The van der Waals surface area contributed by atoms with Crippen LogP contribution >= 0.6 is 0 Å². The van der Waals surface area contributed by atoms with Crippen LogP contribution in [0.1, 0.15) is 13.3 Å². The number of hydrogen-bond acceptors (Lipinski definition) is 1. The molecular weight excluding hydrogens is 190 g/mol. The summed E-state index contributed by atoms with van der Waals surface area (Å²) in [6.45, 7) is 1.74. The smallest absolute Gasteiger partial charge is 0.348 e. The number of hydrogen-bond donors (Lipinski definition) is 1. The summed E-state index contributed by atoms with van der Waals surface area (Å²) in [5.74, 6) is -6.34. The molecule has 0 saturated heterocycles. The fraction of sp³-hybridized carbons (Fsp3) is 0.857. The Morgan fingerprint density at radius 1 is 1.54 bits per heavy atom. The van der Waals surface area contributed by atoms with Crippen molar-refractivity contribution in [2.24, 2.45) is 5.92 Å². The molecule has 1 N–H and O–H groups in total. The van der Waals surface area contributed by atoms with E-state index in [4.69, 9.17) is 0 Å². The number of carbonyl (C=O) groups is 1. The molecule has 2 nitrogen and oxygen atoms in total. The zero-order chi connectivity index (χ0) is 10.2. The van der Waals surface area contributed by atoms with E-state index in [1.807, 2.05) is 5.32 Å². The fourth-order valence-electron chi connectivity index (χ4n) is 0.887. The Labute approximate surface area is 72.3 Å². The van der Waals surface area contributed by atoms with Crippen LogP contribution in [-0.4, -0.2) is 24.3 Å². The highest BCUT2D eigenvalue weighted by atomic mass is 19.3. The molecule has 0 aliphatic heterocycles. The third-order valence-corrected chi connectivity index (χ3v) is 2.00. The Kier molecular flexibility index (Phi) is 2.49. The van der Waals surface area contributed by atoms with Gasteiger partial charge in [-0.15, -0.1) is 0 Å². The summed E-state index contributed by atoms with van der Waals surface area (Å²) in [7, 11) is 0. The Bertz CT molecular complexity index is 219. The second kappa shape index (κ2) is 3.16. The van der Waals surface area contributed by atoms with Gasteiger partial charge in [-0.2, -0.15) is 8.78 Å². The lowest BCUT2D eigenvalue weighted by molar-refractivity contribution is -0.169. The van der Waals surface area contributed by atoms with Gasteiger partial charge in [-0.1, -0.05) is 6.92 Å². The van der Waals surface area contributed by atoms with Crippen molar-refractivity contribution >= 4 is 5.91 Å². The van der Waals surface area contributed by atoms with Gasteiger partial charge in [0, 0.05) is 6.04 Å². The van der Waals surface area contributed by atoms with Crippen LogP contribution < -0.4 is 5.32 Å². The normalized spacial score (nSPS) is 27.5. The van der Waals surface area contributed by atoms with E-state index in [2.05, 4.69) is 0 Å². The summed E-state index contributed by atoms with van der Waals surface area (Å²) < 4.78 is 47.8. The highest BCUT2D eigenvalue weighted by Gasteiger charge is 2.51. The first-order valence-corrected chi connectivity index (χ1v) is 3.82. The lowest BCUT2D eigenvalue weighted by Gasteiger charge is -2.14. The van der Waals surface area contributed by atoms with Crippen LogP contribution in [0.15, 0.2) is 0 Å². The molecule has 0 radical (unpaired) electrons. The zero-order valence-electron chi connectivity index (χ0n) is 6.86. The average Bonchev–Trinajstić information content (AvgIpc) is 2.65. The molecule has 76 valence electrons. The molecule has 2 unspecified atom stereocenters. The van der Waals surface area contributed by atoms with Crippen molar-refractivity contribution in [3.63, 3.8) is 0 Å². The van der Waals surface area contributed by atoms with Crippen molar-refractivity contribution in [1.82, 2.24) is 5.32 Å². The molecule has 0 heterocycles. The third-order valence-electron chi connectivity index (χ3n) is 2.00. The SMILES string of the molecule is CC1CC1NC(=O)C(F)(F)C(F)F. The first kappa shape index (κ1) is 10.3. The number of amides is 1. The van der Waals surface area contributed by atoms with Crippen molar-refractivity contribution in [2.75, 3.05) is 0 Å². The van der Waals surface area contributed by atoms with Crippen LogP contribution in [0.5, 0.6) is 0 Å². The summed E-state index contributed by atoms with van der Waals surface area (Å²) in [6.07, 6.45) is -3.37. The summed E-state index contributed by atoms with van der Waals surface area (Å²) in [5, 5.41) is 1.86. The van der Waals surface area contributed by atoms with Crippen LogP contribution in [0.4, 0.5) is 17.6 Å². The third kappa shape index (κ3) is 2.10. The monoisotopic (exact) mass is 199 g/mol. The van der Waals surface area contributed by atoms with Crippen molar-refractivity contribution in [1.29, 1.82) is 0 Å². The molecule has 0 bridgehead atoms. The van der Waals surface area contributed by atoms with Gasteiger partial charge in [0.05, 0.1) is 0 Å². The second-order valence-electron chi connectivity index (χ2n) is 3.22. The van der Waals surface area contributed by atoms with Crippen LogP contribution in [-0.2, 0) is 4.79 Å². The van der Waals surface area contributed by atoms with Crippen molar-refractivity contribution in [2.45, 2.75) is 31.7 Å². The van der Waals surface area contributed by atoms with Gasteiger partial charge in [-0.05, 0) is 12.3 Å². The Balaban J connectivity index is 2.46. The molecule has 1 aliphatic carbocycles. The van der Waals surface area contributed by atoms with Gasteiger partial charge < -0.3 is 5.32 Å². The predicted molar refractivity (Wildman–Crippen MR) is 36.7 cm³/mol. The summed E-state index contributed by atoms with van der Waals surface area (Å²) in [6, 6.07) is -0.364. The molecule has 1 amide bonds. The highest BCUT2D eigenvalue weighted by Crippen LogP contribution is 2.31. The van der Waals surface area contributed by atoms with E-state index >= 15 is 0 Å². The minimum atomic E-state index is -4.57. The first-order valence-electron chi connectivity index (χ1n) is 3.82. The van der Waals surface area contributed by atoms with Gasteiger partial charge in [0.2, 0.25) is 0 Å². The van der Waals surface area contributed by atoms with Crippen molar-refractivity contribution < 1.29 is 22.4 Å². The summed E-state index contributed by atoms with van der Waals surface area (Å²) in [4.78, 5) is 10.6. The zero-order valence-corrected chi connectivity index (χ0v) is 6.86. The highest BCUT2D eigenvalue weighted by molar-refractivity contribution is 5.84. The van der Waals surface area contributed by atoms with Gasteiger partial charge in [0.25, 0.3) is 5.91 Å². The minimum absolute atomic E-state index is 0.109. The van der Waals surface area contributed by atoms with E-state index in [1.54, 1.807) is 6.92 Å². The van der Waals surface area contributed by atoms with Gasteiger partial charge in [0.15, 0.2) is 0 Å². The number of nitrogens with one attached hydrogen (secondary N) is 1. The second-order valence-corrected chi connectivity index (χ2v) is 3.22. The van der Waals surface area contributed by atoms with Crippen molar-refractivity contribution in [3.8, 4) is 0 Å². The molecule has 2 atom stereocenters. The minimum Gasteiger partial charge on any atom is -0.348 e. The van der Waals surface area contributed by atoms with E-state index in [9.17, 15) is 22.4 Å². The average molecular weight is 199 g/mol. The maximum Gasteiger partial charge on any atom is 0.383 e. The maximum absolute atomic E-state index is 12.3. The number of alkyl halides is 4. The van der Waals surface area contributed by atoms with Crippen LogP contribution in [0.3, 0.4) is 0 Å². The largest absolute Gasteiger partial charge is 0.383 e. The van der Waals surface area contributed by atoms with Gasteiger partial charge >= 0.3 is 12.3 Å². The maximum atomic E-state index is 12.3. The van der Waals surface area contributed by atoms with Gasteiger partial charge in [-0.25, -0.2) is 8.78 Å². The molecule has 0 spiro atoms. The van der Waals surface area contributed by atoms with Crippen LogP contribution in [0.2, 0.25) is 0 Å². The van der Waals surface area contributed by atoms with E-state index in [-0.39, 0.29) is 12.0 Å². The van der Waals surface area contributed by atoms with E-state index in [0.717, 1.165) is 0 Å². The standard InChI is InChI=1S/C7H9F4NO/c1-3-2-4(3)12-6(13)7(10,11)5(8)9/h3-5H,2H2,1H3,(H,12,13). The lowest BCUT2D eigenvalue weighted by atomic mass is 10.3. The first-order chi connectivity index (χ1) is 5.85. The Morgan fingerprint density at radius 2 is 2.00 bits per heavy atom. The van der Waals surface area contributed by atoms with Crippen molar-refractivity contribution in [3.05, 3.63) is 0 Å². The molecule has 0 aromatic rings. The molecular formula is C7H9F4NO.